The van der Waals surface area contributed by atoms with Gasteiger partial charge in [0.25, 0.3) is 0 Å². The molecule has 29 heavy (non-hydrogen) atoms. The van der Waals surface area contributed by atoms with Gasteiger partial charge < -0.3 is 4.90 Å². The molecular formula is C27H34N2. The molecular weight excluding hydrogens is 352 g/mol. The van der Waals surface area contributed by atoms with Gasteiger partial charge in [-0.15, -0.1) is 0 Å². The van der Waals surface area contributed by atoms with E-state index in [2.05, 4.69) is 112 Å². The maximum atomic E-state index is 4.19. The standard InChI is InChI=1S/C27H34N2/c1-26(2,3)23-11-7-21(8-12-23)19-29(25-15-17-28-18-16-25)20-22-9-13-24(14-10-22)27(4,5)6/h7-18H,19-20H2,1-6H3. The molecule has 0 spiro atoms. The second-order valence-electron chi connectivity index (χ2n) is 9.96. The molecule has 152 valence electrons. The summed E-state index contributed by atoms with van der Waals surface area (Å²) in [6, 6.07) is 22.3. The number of nitrogens with zero attached hydrogens (tertiary/aromatic N) is 2. The Morgan fingerprint density at radius 2 is 0.966 bits per heavy atom. The van der Waals surface area contributed by atoms with Crippen molar-refractivity contribution < 1.29 is 0 Å². The molecule has 0 aliphatic rings. The second kappa shape index (κ2) is 8.41. The smallest absolute Gasteiger partial charge is 0.0433 e. The highest BCUT2D eigenvalue weighted by atomic mass is 15.1. The third kappa shape index (κ3) is 5.69. The van der Waals surface area contributed by atoms with Gasteiger partial charge in [0.1, 0.15) is 0 Å². The second-order valence-corrected chi connectivity index (χ2v) is 9.96. The van der Waals surface area contributed by atoms with Crippen LogP contribution in [-0.2, 0) is 23.9 Å². The first-order chi connectivity index (χ1) is 13.6. The Morgan fingerprint density at radius 3 is 1.31 bits per heavy atom. The fourth-order valence-electron chi connectivity index (χ4n) is 3.45. The molecule has 2 heteroatoms. The quantitative estimate of drug-likeness (QED) is 0.475. The number of anilines is 1. The van der Waals surface area contributed by atoms with E-state index >= 15 is 0 Å². The van der Waals surface area contributed by atoms with Crippen LogP contribution in [0.25, 0.3) is 0 Å². The van der Waals surface area contributed by atoms with Gasteiger partial charge >= 0.3 is 0 Å². The number of pyridine rings is 1. The van der Waals surface area contributed by atoms with Crippen LogP contribution in [0.3, 0.4) is 0 Å². The number of hydrogen-bond acceptors (Lipinski definition) is 2. The van der Waals surface area contributed by atoms with Crippen molar-refractivity contribution in [3.8, 4) is 0 Å². The van der Waals surface area contributed by atoms with Gasteiger partial charge in [-0.05, 0) is 45.2 Å². The summed E-state index contributed by atoms with van der Waals surface area (Å²) in [7, 11) is 0. The number of rotatable bonds is 5. The van der Waals surface area contributed by atoms with E-state index in [-0.39, 0.29) is 10.8 Å². The molecule has 0 atom stereocenters. The molecule has 0 saturated carbocycles. The first-order valence-corrected chi connectivity index (χ1v) is 10.5. The predicted octanol–water partition coefficient (Wildman–Crippen LogP) is 6.88. The molecule has 0 N–H and O–H groups in total. The Hall–Kier alpha value is -2.61. The molecule has 2 aromatic carbocycles. The first-order valence-electron chi connectivity index (χ1n) is 10.5. The highest BCUT2D eigenvalue weighted by Crippen LogP contribution is 2.26. The summed E-state index contributed by atoms with van der Waals surface area (Å²) in [4.78, 5) is 6.61. The molecule has 1 aromatic heterocycles. The highest BCUT2D eigenvalue weighted by Gasteiger charge is 2.15. The molecule has 2 nitrogen and oxygen atoms in total. The van der Waals surface area contributed by atoms with Crippen LogP contribution in [0.5, 0.6) is 0 Å². The molecule has 0 aliphatic carbocycles. The van der Waals surface area contributed by atoms with Crippen molar-refractivity contribution in [3.63, 3.8) is 0 Å². The number of hydrogen-bond donors (Lipinski definition) is 0. The van der Waals surface area contributed by atoms with Crippen molar-refractivity contribution >= 4 is 5.69 Å². The molecule has 0 amide bonds. The lowest BCUT2D eigenvalue weighted by Gasteiger charge is -2.26. The minimum absolute atomic E-state index is 0.179. The van der Waals surface area contributed by atoms with Crippen molar-refractivity contribution in [2.75, 3.05) is 4.90 Å². The summed E-state index contributed by atoms with van der Waals surface area (Å²) >= 11 is 0. The van der Waals surface area contributed by atoms with Gasteiger partial charge in [-0.1, -0.05) is 90.1 Å². The van der Waals surface area contributed by atoms with Crippen LogP contribution >= 0.6 is 0 Å². The number of aromatic nitrogens is 1. The lowest BCUT2D eigenvalue weighted by molar-refractivity contribution is 0.590. The van der Waals surface area contributed by atoms with Gasteiger partial charge in [-0.2, -0.15) is 0 Å². The average Bonchev–Trinajstić information content (AvgIpc) is 2.68. The van der Waals surface area contributed by atoms with Crippen LogP contribution in [-0.4, -0.2) is 4.98 Å². The molecule has 0 saturated heterocycles. The monoisotopic (exact) mass is 386 g/mol. The number of benzene rings is 2. The van der Waals surface area contributed by atoms with Crippen molar-refractivity contribution in [3.05, 3.63) is 95.3 Å². The Kier molecular flexibility index (Phi) is 6.12. The van der Waals surface area contributed by atoms with Crippen molar-refractivity contribution in [2.45, 2.75) is 65.5 Å². The highest BCUT2D eigenvalue weighted by molar-refractivity contribution is 5.46. The van der Waals surface area contributed by atoms with E-state index in [1.54, 1.807) is 0 Å². The zero-order chi connectivity index (χ0) is 21.1. The van der Waals surface area contributed by atoms with Crippen molar-refractivity contribution in [2.24, 2.45) is 0 Å². The Balaban J connectivity index is 1.82. The lowest BCUT2D eigenvalue weighted by atomic mass is 9.86. The summed E-state index contributed by atoms with van der Waals surface area (Å²) < 4.78 is 0. The predicted molar refractivity (Wildman–Crippen MR) is 124 cm³/mol. The zero-order valence-corrected chi connectivity index (χ0v) is 18.7. The normalized spacial score (nSPS) is 12.1. The van der Waals surface area contributed by atoms with Gasteiger partial charge in [0.05, 0.1) is 0 Å². The zero-order valence-electron chi connectivity index (χ0n) is 18.7. The van der Waals surface area contributed by atoms with Gasteiger partial charge in [0, 0.05) is 31.2 Å². The van der Waals surface area contributed by atoms with Gasteiger partial charge in [0.2, 0.25) is 0 Å². The van der Waals surface area contributed by atoms with Crippen molar-refractivity contribution in [1.29, 1.82) is 0 Å². The van der Waals surface area contributed by atoms with Crippen molar-refractivity contribution in [1.82, 2.24) is 4.98 Å². The third-order valence-corrected chi connectivity index (χ3v) is 5.41. The largest absolute Gasteiger partial charge is 0.363 e. The summed E-state index contributed by atoms with van der Waals surface area (Å²) in [5.41, 5.74) is 6.93. The van der Waals surface area contributed by atoms with E-state index in [0.717, 1.165) is 13.1 Å². The van der Waals surface area contributed by atoms with Gasteiger partial charge in [-0.3, -0.25) is 4.98 Å². The minimum atomic E-state index is 0.179. The van der Waals surface area contributed by atoms with Crippen LogP contribution in [0.1, 0.15) is 63.8 Å². The first kappa shape index (κ1) is 21.1. The van der Waals surface area contributed by atoms with Crippen LogP contribution in [0.2, 0.25) is 0 Å². The van der Waals surface area contributed by atoms with E-state index in [1.807, 2.05) is 12.4 Å². The van der Waals surface area contributed by atoms with Crippen LogP contribution in [0.15, 0.2) is 73.1 Å². The van der Waals surface area contributed by atoms with E-state index in [9.17, 15) is 0 Å². The molecule has 0 unspecified atom stereocenters. The maximum Gasteiger partial charge on any atom is 0.0433 e. The maximum absolute atomic E-state index is 4.19. The minimum Gasteiger partial charge on any atom is -0.363 e. The molecule has 3 aromatic rings. The Morgan fingerprint density at radius 1 is 0.586 bits per heavy atom. The van der Waals surface area contributed by atoms with Gasteiger partial charge in [-0.25, -0.2) is 0 Å². The molecule has 1 heterocycles. The van der Waals surface area contributed by atoms with Crippen LogP contribution < -0.4 is 4.90 Å². The Labute approximate surface area is 176 Å². The molecule has 0 radical (unpaired) electrons. The van der Waals surface area contributed by atoms with E-state index in [0.29, 0.717) is 0 Å². The summed E-state index contributed by atoms with van der Waals surface area (Å²) in [6.07, 6.45) is 3.74. The summed E-state index contributed by atoms with van der Waals surface area (Å²) in [5, 5.41) is 0. The van der Waals surface area contributed by atoms with E-state index in [1.165, 1.54) is 27.9 Å². The lowest BCUT2D eigenvalue weighted by Crippen LogP contribution is -2.22. The molecule has 3 rings (SSSR count). The van der Waals surface area contributed by atoms with Crippen LogP contribution in [0.4, 0.5) is 5.69 Å². The van der Waals surface area contributed by atoms with Crippen LogP contribution in [0, 0.1) is 0 Å². The molecule has 0 aliphatic heterocycles. The van der Waals surface area contributed by atoms with E-state index in [4.69, 9.17) is 0 Å². The third-order valence-electron chi connectivity index (χ3n) is 5.41. The SMILES string of the molecule is CC(C)(C)c1ccc(CN(Cc2ccc(C(C)(C)C)cc2)c2ccncc2)cc1. The fraction of sp³-hybridized carbons (Fsp3) is 0.370. The topological polar surface area (TPSA) is 16.1 Å². The Bertz CT molecular complexity index is 836. The van der Waals surface area contributed by atoms with Gasteiger partial charge in [0.15, 0.2) is 0 Å². The molecule has 0 bridgehead atoms. The average molecular weight is 387 g/mol. The molecule has 0 fully saturated rings. The summed E-state index contributed by atoms with van der Waals surface area (Å²) in [5.74, 6) is 0. The van der Waals surface area contributed by atoms with E-state index < -0.39 is 0 Å². The summed E-state index contributed by atoms with van der Waals surface area (Å²) in [6.45, 7) is 15.3. The fourth-order valence-corrected chi connectivity index (χ4v) is 3.45.